The quantitative estimate of drug-likeness (QED) is 0.575. The molecular formula is C27H31N3O4. The zero-order chi connectivity index (χ0) is 24.2. The van der Waals surface area contributed by atoms with Crippen LogP contribution in [0.5, 0.6) is 0 Å². The number of hydrogen-bond donors (Lipinski definition) is 2. The first-order chi connectivity index (χ1) is 16.4. The van der Waals surface area contributed by atoms with E-state index >= 15 is 0 Å². The van der Waals surface area contributed by atoms with Crippen molar-refractivity contribution in [3.63, 3.8) is 0 Å². The Labute approximate surface area is 199 Å². The highest BCUT2D eigenvalue weighted by Gasteiger charge is 2.27. The van der Waals surface area contributed by atoms with Gasteiger partial charge in [0.1, 0.15) is 0 Å². The number of nitrogens with zero attached hydrogens (tertiary/aromatic N) is 2. The van der Waals surface area contributed by atoms with Crippen LogP contribution < -0.4 is 5.32 Å². The van der Waals surface area contributed by atoms with Gasteiger partial charge in [0, 0.05) is 38.7 Å². The molecule has 1 fully saturated rings. The van der Waals surface area contributed by atoms with Gasteiger partial charge in [-0.2, -0.15) is 0 Å². The van der Waals surface area contributed by atoms with Crippen LogP contribution in [0.3, 0.4) is 0 Å². The van der Waals surface area contributed by atoms with Crippen molar-refractivity contribution in [3.8, 4) is 0 Å². The van der Waals surface area contributed by atoms with Crippen LogP contribution in [-0.2, 0) is 29.0 Å². The summed E-state index contributed by atoms with van der Waals surface area (Å²) >= 11 is 0. The average molecular weight is 462 g/mol. The number of fused-ring (bicyclic) bond motifs is 1. The summed E-state index contributed by atoms with van der Waals surface area (Å²) in [5.41, 5.74) is 4.37. The van der Waals surface area contributed by atoms with E-state index in [1.165, 1.54) is 25.3 Å². The summed E-state index contributed by atoms with van der Waals surface area (Å²) in [7, 11) is 3.84. The molecule has 0 unspecified atom stereocenters. The molecule has 1 heterocycles. The zero-order valence-electron chi connectivity index (χ0n) is 19.8. The van der Waals surface area contributed by atoms with E-state index in [1.54, 1.807) is 37.7 Å². The summed E-state index contributed by atoms with van der Waals surface area (Å²) in [5.74, 6) is -1.45. The monoisotopic (exact) mass is 461 g/mol. The standard InChI is InChI=1S/C27H31N3O4/c1-28-24-15-29-14-19-11-23(26(32)13-22(19)24)25(31)12-17-8-9-18(27(33)34)10-20(17)16-30(2)21-6-4-3-5-7-21/h8-11,14-15,21,28H,3-7,12-13,16H2,1-2H3,(H,33,34). The van der Waals surface area contributed by atoms with Crippen LogP contribution >= 0.6 is 0 Å². The fourth-order valence-corrected chi connectivity index (χ4v) is 5.03. The predicted octanol–water partition coefficient (Wildman–Crippen LogP) is 3.91. The van der Waals surface area contributed by atoms with Crippen molar-refractivity contribution in [2.75, 3.05) is 19.4 Å². The van der Waals surface area contributed by atoms with Crippen molar-refractivity contribution in [1.82, 2.24) is 9.88 Å². The molecule has 0 bridgehead atoms. The van der Waals surface area contributed by atoms with Gasteiger partial charge in [-0.15, -0.1) is 0 Å². The predicted molar refractivity (Wildman–Crippen MR) is 131 cm³/mol. The number of hydrogen-bond acceptors (Lipinski definition) is 6. The second-order valence-electron chi connectivity index (χ2n) is 9.26. The first-order valence-corrected chi connectivity index (χ1v) is 11.9. The molecule has 0 saturated heterocycles. The number of aromatic nitrogens is 1. The normalized spacial score (nSPS) is 16.2. The Kier molecular flexibility index (Phi) is 7.22. The lowest BCUT2D eigenvalue weighted by atomic mass is 9.87. The van der Waals surface area contributed by atoms with Gasteiger partial charge in [0.15, 0.2) is 11.6 Å². The van der Waals surface area contributed by atoms with Gasteiger partial charge in [-0.05, 0) is 60.4 Å². The van der Waals surface area contributed by atoms with Gasteiger partial charge in [-0.25, -0.2) is 4.79 Å². The molecule has 0 atom stereocenters. The first-order valence-electron chi connectivity index (χ1n) is 11.9. The topological polar surface area (TPSA) is 99.6 Å². The summed E-state index contributed by atoms with van der Waals surface area (Å²) in [6.45, 7) is 0.569. The van der Waals surface area contributed by atoms with E-state index in [1.807, 2.05) is 0 Å². The molecule has 0 radical (unpaired) electrons. The molecule has 0 aliphatic heterocycles. The van der Waals surface area contributed by atoms with Gasteiger partial charge in [-0.3, -0.25) is 19.5 Å². The van der Waals surface area contributed by atoms with Crippen LogP contribution in [0, 0.1) is 0 Å². The molecule has 0 amide bonds. The van der Waals surface area contributed by atoms with Crippen molar-refractivity contribution in [3.05, 3.63) is 64.0 Å². The van der Waals surface area contributed by atoms with E-state index in [-0.39, 0.29) is 35.5 Å². The summed E-state index contributed by atoms with van der Waals surface area (Å²) in [6, 6.07) is 5.37. The molecule has 2 N–H and O–H groups in total. The van der Waals surface area contributed by atoms with Crippen molar-refractivity contribution in [2.45, 2.75) is 57.5 Å². The second-order valence-corrected chi connectivity index (χ2v) is 9.26. The number of carboxylic acids is 1. The van der Waals surface area contributed by atoms with E-state index in [2.05, 4.69) is 22.2 Å². The molecule has 7 heteroatoms. The highest BCUT2D eigenvalue weighted by molar-refractivity contribution is 6.25. The third-order valence-electron chi connectivity index (χ3n) is 7.02. The van der Waals surface area contributed by atoms with Crippen LogP contribution in [0.15, 0.2) is 36.2 Å². The third-order valence-corrected chi connectivity index (χ3v) is 7.02. The maximum absolute atomic E-state index is 13.2. The Morgan fingerprint density at radius 3 is 2.62 bits per heavy atom. The maximum Gasteiger partial charge on any atom is 0.335 e. The van der Waals surface area contributed by atoms with E-state index in [0.29, 0.717) is 12.6 Å². The SMILES string of the molecule is CNc1cncc2c1CC(=O)C(C(=O)Cc1ccc(C(=O)O)cc1CN(C)C1CCCCC1)=C2. The zero-order valence-corrected chi connectivity index (χ0v) is 19.8. The van der Waals surface area contributed by atoms with Crippen molar-refractivity contribution in [1.29, 1.82) is 0 Å². The largest absolute Gasteiger partial charge is 0.478 e. The van der Waals surface area contributed by atoms with Gasteiger partial charge >= 0.3 is 5.97 Å². The number of ketones is 2. The van der Waals surface area contributed by atoms with Crippen LogP contribution in [0.1, 0.15) is 64.7 Å². The number of anilines is 1. The fourth-order valence-electron chi connectivity index (χ4n) is 5.03. The van der Waals surface area contributed by atoms with E-state index in [0.717, 1.165) is 40.8 Å². The lowest BCUT2D eigenvalue weighted by molar-refractivity contribution is -0.120. The number of carboxylic acid groups (broad SMARTS) is 1. The summed E-state index contributed by atoms with van der Waals surface area (Å²) in [5, 5.41) is 12.5. The Balaban J connectivity index is 1.60. The lowest BCUT2D eigenvalue weighted by Crippen LogP contribution is -2.33. The molecule has 2 aromatic rings. The summed E-state index contributed by atoms with van der Waals surface area (Å²) in [6.07, 6.45) is 11.1. The number of Topliss-reactive ketones (excluding diaryl/α,β-unsaturated/α-hetero) is 2. The van der Waals surface area contributed by atoms with Gasteiger partial charge in [0.05, 0.1) is 23.0 Å². The smallest absolute Gasteiger partial charge is 0.335 e. The van der Waals surface area contributed by atoms with E-state index < -0.39 is 5.97 Å². The molecular weight excluding hydrogens is 430 g/mol. The van der Waals surface area contributed by atoms with Crippen LogP contribution in [0.4, 0.5) is 5.69 Å². The lowest BCUT2D eigenvalue weighted by Gasteiger charge is -2.31. The molecule has 0 spiro atoms. The minimum absolute atomic E-state index is 0.0553. The number of aromatic carboxylic acids is 1. The third kappa shape index (κ3) is 5.09. The van der Waals surface area contributed by atoms with Crippen molar-refractivity contribution < 1.29 is 19.5 Å². The second kappa shape index (κ2) is 10.3. The van der Waals surface area contributed by atoms with E-state index in [4.69, 9.17) is 0 Å². The summed E-state index contributed by atoms with van der Waals surface area (Å²) < 4.78 is 0. The number of carbonyl (C=O) groups is 3. The van der Waals surface area contributed by atoms with Crippen LogP contribution in [0.2, 0.25) is 0 Å². The average Bonchev–Trinajstić information content (AvgIpc) is 2.84. The van der Waals surface area contributed by atoms with Gasteiger partial charge in [-0.1, -0.05) is 25.3 Å². The Morgan fingerprint density at radius 2 is 1.91 bits per heavy atom. The molecule has 4 rings (SSSR count). The van der Waals surface area contributed by atoms with Crippen LogP contribution in [0.25, 0.3) is 6.08 Å². The highest BCUT2D eigenvalue weighted by atomic mass is 16.4. The first kappa shape index (κ1) is 23.8. The van der Waals surface area contributed by atoms with E-state index in [9.17, 15) is 19.5 Å². The van der Waals surface area contributed by atoms with Crippen molar-refractivity contribution >= 4 is 29.3 Å². The molecule has 2 aliphatic carbocycles. The fraction of sp³-hybridized carbons (Fsp3) is 0.407. The molecule has 2 aliphatic rings. The van der Waals surface area contributed by atoms with Gasteiger partial charge < -0.3 is 10.4 Å². The highest BCUT2D eigenvalue weighted by Crippen LogP contribution is 2.29. The number of rotatable bonds is 8. The number of carbonyl (C=O) groups excluding carboxylic acids is 2. The summed E-state index contributed by atoms with van der Waals surface area (Å²) in [4.78, 5) is 44.1. The van der Waals surface area contributed by atoms with Crippen LogP contribution in [-0.4, -0.2) is 52.7 Å². The molecule has 178 valence electrons. The Hall–Kier alpha value is -3.32. The number of benzene rings is 1. The number of nitrogens with one attached hydrogen (secondary N) is 1. The maximum atomic E-state index is 13.2. The molecule has 1 aromatic carbocycles. The van der Waals surface area contributed by atoms with Gasteiger partial charge in [0.25, 0.3) is 0 Å². The molecule has 7 nitrogen and oxygen atoms in total. The minimum atomic E-state index is -0.992. The molecule has 1 saturated carbocycles. The van der Waals surface area contributed by atoms with Gasteiger partial charge in [0.2, 0.25) is 0 Å². The Bertz CT molecular complexity index is 1150. The minimum Gasteiger partial charge on any atom is -0.478 e. The number of pyridine rings is 1. The number of allylic oxidation sites excluding steroid dienone is 1. The van der Waals surface area contributed by atoms with Crippen molar-refractivity contribution in [2.24, 2.45) is 0 Å². The molecule has 1 aromatic heterocycles. The Morgan fingerprint density at radius 1 is 1.15 bits per heavy atom. The molecule has 34 heavy (non-hydrogen) atoms.